The van der Waals surface area contributed by atoms with Gasteiger partial charge in [-0.2, -0.15) is 10.1 Å². The van der Waals surface area contributed by atoms with Crippen LogP contribution in [-0.4, -0.2) is 37.9 Å². The van der Waals surface area contributed by atoms with Crippen molar-refractivity contribution in [3.63, 3.8) is 0 Å². The molecule has 1 N–H and O–H groups in total. The average Bonchev–Trinajstić information content (AvgIpc) is 2.80. The minimum atomic E-state index is -0.312. The Bertz CT molecular complexity index is 569. The summed E-state index contributed by atoms with van der Waals surface area (Å²) in [6.07, 6.45) is 1.52. The number of carbonyl (C=O) groups excluding carboxylic acids is 1. The molecule has 0 unspecified atom stereocenters. The first-order valence-corrected chi connectivity index (χ1v) is 5.21. The molecule has 0 aliphatic carbocycles. The van der Waals surface area contributed by atoms with Crippen molar-refractivity contribution in [2.24, 2.45) is 0 Å². The highest BCUT2D eigenvalue weighted by Crippen LogP contribution is 2.15. The van der Waals surface area contributed by atoms with Gasteiger partial charge in [-0.15, -0.1) is 10.2 Å². The molecule has 2 rings (SSSR count). The van der Waals surface area contributed by atoms with Crippen LogP contribution in [0.5, 0.6) is 0 Å². The van der Waals surface area contributed by atoms with Crippen LogP contribution in [-0.2, 0) is 0 Å². The molecule has 7 nitrogen and oxygen atoms in total. The second-order valence-electron chi connectivity index (χ2n) is 2.92. The normalized spacial score (nSPS) is 10.3. The van der Waals surface area contributed by atoms with Gasteiger partial charge in [0.1, 0.15) is 0 Å². The molecule has 0 saturated carbocycles. The van der Waals surface area contributed by atoms with Crippen LogP contribution < -0.4 is 5.32 Å². The number of hydrogen-bond acceptors (Lipinski definition) is 5. The Hall–Kier alpha value is -1.73. The Morgan fingerprint density at radius 2 is 2.18 bits per heavy atom. The summed E-state index contributed by atoms with van der Waals surface area (Å²) in [4.78, 5) is 15.2. The van der Waals surface area contributed by atoms with Crippen molar-refractivity contribution in [2.45, 2.75) is 0 Å². The van der Waals surface area contributed by atoms with Crippen molar-refractivity contribution >= 4 is 29.1 Å². The van der Waals surface area contributed by atoms with E-state index in [4.69, 9.17) is 23.2 Å². The summed E-state index contributed by atoms with van der Waals surface area (Å²) in [5, 5.41) is 13.5. The maximum Gasteiger partial charge on any atom is 0.271 e. The Morgan fingerprint density at radius 1 is 1.41 bits per heavy atom. The van der Waals surface area contributed by atoms with Gasteiger partial charge in [0, 0.05) is 13.2 Å². The summed E-state index contributed by atoms with van der Waals surface area (Å²) < 4.78 is 1.30. The van der Waals surface area contributed by atoms with E-state index in [2.05, 4.69) is 25.6 Å². The van der Waals surface area contributed by atoms with Gasteiger partial charge < -0.3 is 5.32 Å². The molecule has 17 heavy (non-hydrogen) atoms. The minimum Gasteiger partial charge on any atom is -0.354 e. The molecule has 0 aliphatic rings. The van der Waals surface area contributed by atoms with Gasteiger partial charge in [0.25, 0.3) is 5.91 Å². The van der Waals surface area contributed by atoms with Gasteiger partial charge in [0.15, 0.2) is 16.7 Å². The third kappa shape index (κ3) is 2.34. The lowest BCUT2D eigenvalue weighted by molar-refractivity contribution is 0.0957. The van der Waals surface area contributed by atoms with E-state index in [1.807, 2.05) is 0 Å². The number of aromatic nitrogens is 5. The monoisotopic (exact) mass is 272 g/mol. The average molecular weight is 273 g/mol. The lowest BCUT2D eigenvalue weighted by Crippen LogP contribution is -2.18. The fourth-order valence-electron chi connectivity index (χ4n) is 1.12. The van der Waals surface area contributed by atoms with E-state index in [1.54, 1.807) is 0 Å². The molecule has 0 spiro atoms. The smallest absolute Gasteiger partial charge is 0.271 e. The third-order valence-corrected chi connectivity index (χ3v) is 2.27. The molecule has 0 aromatic carbocycles. The quantitative estimate of drug-likeness (QED) is 0.871. The van der Waals surface area contributed by atoms with Crippen molar-refractivity contribution in [2.75, 3.05) is 7.05 Å². The second kappa shape index (κ2) is 4.64. The zero-order valence-corrected chi connectivity index (χ0v) is 10.1. The lowest BCUT2D eigenvalue weighted by atomic mass is 10.4. The summed E-state index contributed by atoms with van der Waals surface area (Å²) in [6, 6.07) is 1.52. The Labute approximate surface area is 106 Å². The fraction of sp³-hybridized carbons (Fsp3) is 0.125. The summed E-state index contributed by atoms with van der Waals surface area (Å²) in [7, 11) is 1.51. The van der Waals surface area contributed by atoms with Crippen LogP contribution in [0.15, 0.2) is 12.3 Å². The van der Waals surface area contributed by atoms with Gasteiger partial charge in [0.05, 0.1) is 0 Å². The van der Waals surface area contributed by atoms with Crippen LogP contribution in [0.3, 0.4) is 0 Å². The number of carbonyl (C=O) groups is 1. The van der Waals surface area contributed by atoms with Crippen LogP contribution in [0.4, 0.5) is 0 Å². The molecule has 0 atom stereocenters. The van der Waals surface area contributed by atoms with E-state index < -0.39 is 0 Å². The van der Waals surface area contributed by atoms with E-state index in [1.165, 1.54) is 24.0 Å². The molecular formula is C8H6Cl2N6O. The maximum absolute atomic E-state index is 11.3. The second-order valence-corrected chi connectivity index (χ2v) is 3.62. The zero-order chi connectivity index (χ0) is 12.4. The summed E-state index contributed by atoms with van der Waals surface area (Å²) in [5.41, 5.74) is 0.235. The van der Waals surface area contributed by atoms with Crippen LogP contribution in [0.2, 0.25) is 10.4 Å². The van der Waals surface area contributed by atoms with Gasteiger partial charge >= 0.3 is 0 Å². The molecule has 2 heterocycles. The predicted octanol–water partition coefficient (Wildman–Crippen LogP) is 0.724. The van der Waals surface area contributed by atoms with Crippen LogP contribution >= 0.6 is 23.2 Å². The molecule has 0 bridgehead atoms. The highest BCUT2D eigenvalue weighted by Gasteiger charge is 2.12. The number of rotatable bonds is 2. The number of halogens is 2. The molecule has 88 valence electrons. The molecule has 0 radical (unpaired) electrons. The summed E-state index contributed by atoms with van der Waals surface area (Å²) >= 11 is 11.4. The van der Waals surface area contributed by atoms with Crippen LogP contribution in [0, 0.1) is 0 Å². The molecule has 2 aromatic rings. The first-order chi connectivity index (χ1) is 8.11. The van der Waals surface area contributed by atoms with E-state index >= 15 is 0 Å². The molecule has 9 heteroatoms. The highest BCUT2D eigenvalue weighted by molar-refractivity contribution is 6.31. The SMILES string of the molecule is CNC(=O)c1ccn(-c2nc(Cl)nnc2Cl)n1. The van der Waals surface area contributed by atoms with Crippen LogP contribution in [0.25, 0.3) is 5.82 Å². The van der Waals surface area contributed by atoms with E-state index in [-0.39, 0.29) is 27.9 Å². The molecular weight excluding hydrogens is 267 g/mol. The lowest BCUT2D eigenvalue weighted by Gasteiger charge is -2.01. The van der Waals surface area contributed by atoms with Gasteiger partial charge in [-0.25, -0.2) is 4.68 Å². The summed E-state index contributed by atoms with van der Waals surface area (Å²) in [6.45, 7) is 0. The van der Waals surface area contributed by atoms with Crippen molar-refractivity contribution in [3.05, 3.63) is 28.4 Å². The number of nitrogens with zero attached hydrogens (tertiary/aromatic N) is 5. The van der Waals surface area contributed by atoms with E-state index in [0.717, 1.165) is 0 Å². The van der Waals surface area contributed by atoms with Gasteiger partial charge in [-0.1, -0.05) is 11.6 Å². The molecule has 0 fully saturated rings. The number of nitrogens with one attached hydrogen (secondary N) is 1. The Kier molecular flexibility index (Phi) is 3.21. The van der Waals surface area contributed by atoms with Crippen molar-refractivity contribution < 1.29 is 4.79 Å². The standard InChI is InChI=1S/C8H6Cl2N6O/c1-11-7(17)4-2-3-16(15-4)6-5(9)13-14-8(10)12-6/h2-3H,1H3,(H,11,17). The van der Waals surface area contributed by atoms with Gasteiger partial charge in [0.2, 0.25) is 5.28 Å². The molecule has 1 amide bonds. The first kappa shape index (κ1) is 11.7. The van der Waals surface area contributed by atoms with E-state index in [9.17, 15) is 4.79 Å². The maximum atomic E-state index is 11.3. The van der Waals surface area contributed by atoms with Crippen molar-refractivity contribution in [1.29, 1.82) is 0 Å². The van der Waals surface area contributed by atoms with Crippen molar-refractivity contribution in [1.82, 2.24) is 30.3 Å². The number of hydrogen-bond donors (Lipinski definition) is 1. The van der Waals surface area contributed by atoms with Gasteiger partial charge in [-0.05, 0) is 17.7 Å². The molecule has 2 aromatic heterocycles. The highest BCUT2D eigenvalue weighted by atomic mass is 35.5. The predicted molar refractivity (Wildman–Crippen MR) is 60.4 cm³/mol. The third-order valence-electron chi connectivity index (χ3n) is 1.87. The minimum absolute atomic E-state index is 0.0426. The zero-order valence-electron chi connectivity index (χ0n) is 8.55. The first-order valence-electron chi connectivity index (χ1n) is 4.45. The Balaban J connectivity index is 2.43. The fourth-order valence-corrected chi connectivity index (χ4v) is 1.41. The van der Waals surface area contributed by atoms with Gasteiger partial charge in [-0.3, -0.25) is 4.79 Å². The molecule has 0 saturated heterocycles. The van der Waals surface area contributed by atoms with E-state index in [0.29, 0.717) is 0 Å². The topological polar surface area (TPSA) is 85.6 Å². The number of amides is 1. The summed E-state index contributed by atoms with van der Waals surface area (Å²) in [5.74, 6) is -0.102. The molecule has 0 aliphatic heterocycles. The Morgan fingerprint density at radius 3 is 2.88 bits per heavy atom. The largest absolute Gasteiger partial charge is 0.354 e. The van der Waals surface area contributed by atoms with Crippen molar-refractivity contribution in [3.8, 4) is 5.82 Å². The van der Waals surface area contributed by atoms with Crippen LogP contribution in [0.1, 0.15) is 10.5 Å².